The van der Waals surface area contributed by atoms with Crippen molar-refractivity contribution in [2.45, 2.75) is 26.3 Å². The number of hydrogen-bond acceptors (Lipinski definition) is 6. The number of aryl methyl sites for hydroxylation is 1. The summed E-state index contributed by atoms with van der Waals surface area (Å²) < 4.78 is 5.02. The minimum atomic E-state index is -0.109. The van der Waals surface area contributed by atoms with Crippen molar-refractivity contribution in [3.05, 3.63) is 47.6 Å². The van der Waals surface area contributed by atoms with Gasteiger partial charge in [0.25, 0.3) is 5.91 Å². The van der Waals surface area contributed by atoms with Gasteiger partial charge in [-0.05, 0) is 25.0 Å². The normalized spacial score (nSPS) is 20.7. The lowest BCUT2D eigenvalue weighted by Crippen LogP contribution is -2.52. The third-order valence-corrected chi connectivity index (χ3v) is 5.70. The summed E-state index contributed by atoms with van der Waals surface area (Å²) in [5, 5.41) is 3.94. The van der Waals surface area contributed by atoms with E-state index in [-0.39, 0.29) is 17.7 Å². The molecular formula is C21H27N5O3. The highest BCUT2D eigenvalue weighted by Gasteiger charge is 2.33. The monoisotopic (exact) mass is 397 g/mol. The number of rotatable bonds is 4. The average molecular weight is 397 g/mol. The van der Waals surface area contributed by atoms with Gasteiger partial charge >= 0.3 is 0 Å². The second kappa shape index (κ2) is 8.73. The molecule has 0 N–H and O–H groups in total. The molecule has 1 atom stereocenters. The second-order valence-corrected chi connectivity index (χ2v) is 7.79. The molecule has 0 spiro atoms. The van der Waals surface area contributed by atoms with Gasteiger partial charge in [0.05, 0.1) is 12.5 Å². The van der Waals surface area contributed by atoms with Crippen molar-refractivity contribution < 1.29 is 14.1 Å². The van der Waals surface area contributed by atoms with E-state index in [0.717, 1.165) is 32.5 Å². The Morgan fingerprint density at radius 3 is 2.52 bits per heavy atom. The van der Waals surface area contributed by atoms with Crippen LogP contribution in [0.5, 0.6) is 0 Å². The Morgan fingerprint density at radius 1 is 1.07 bits per heavy atom. The van der Waals surface area contributed by atoms with Crippen molar-refractivity contribution >= 4 is 11.8 Å². The number of benzene rings is 1. The Balaban J connectivity index is 1.30. The number of amides is 2. The van der Waals surface area contributed by atoms with Gasteiger partial charge in [0.2, 0.25) is 11.8 Å². The van der Waals surface area contributed by atoms with E-state index in [2.05, 4.69) is 15.0 Å². The summed E-state index contributed by atoms with van der Waals surface area (Å²) in [5.41, 5.74) is 0.686. The first-order valence-corrected chi connectivity index (χ1v) is 10.2. The molecule has 4 rings (SSSR count). The lowest BCUT2D eigenvalue weighted by Gasteiger charge is -2.38. The van der Waals surface area contributed by atoms with Crippen LogP contribution in [0, 0.1) is 12.8 Å². The standard InChI is InChI=1S/C21H27N5O3/c1-16-22-19(23-29-16)15-24-10-12-25(13-11-24)21(28)18-8-5-9-26(14-18)20(27)17-6-3-2-4-7-17/h2-4,6-7,18H,5,8-15H2,1H3. The summed E-state index contributed by atoms with van der Waals surface area (Å²) in [6, 6.07) is 9.31. The molecule has 1 aromatic heterocycles. The molecule has 154 valence electrons. The maximum absolute atomic E-state index is 13.1. The number of piperidine rings is 1. The molecule has 1 aromatic carbocycles. The van der Waals surface area contributed by atoms with Crippen LogP contribution in [0.15, 0.2) is 34.9 Å². The molecule has 0 bridgehead atoms. The van der Waals surface area contributed by atoms with Gasteiger partial charge in [0.15, 0.2) is 5.82 Å². The predicted octanol–water partition coefficient (Wildman–Crippen LogP) is 1.57. The quantitative estimate of drug-likeness (QED) is 0.779. The SMILES string of the molecule is Cc1nc(CN2CCN(C(=O)C3CCCN(C(=O)c4ccccc4)C3)CC2)no1. The predicted molar refractivity (Wildman–Crippen MR) is 106 cm³/mol. The molecule has 0 radical (unpaired) electrons. The number of nitrogens with zero attached hydrogens (tertiary/aromatic N) is 5. The first-order valence-electron chi connectivity index (χ1n) is 10.2. The van der Waals surface area contributed by atoms with Crippen LogP contribution in [0.2, 0.25) is 0 Å². The van der Waals surface area contributed by atoms with E-state index in [1.807, 2.05) is 40.1 Å². The van der Waals surface area contributed by atoms with E-state index in [4.69, 9.17) is 4.52 Å². The van der Waals surface area contributed by atoms with E-state index in [0.29, 0.717) is 43.5 Å². The van der Waals surface area contributed by atoms with Crippen molar-refractivity contribution in [3.8, 4) is 0 Å². The maximum Gasteiger partial charge on any atom is 0.253 e. The fourth-order valence-corrected chi connectivity index (χ4v) is 4.12. The van der Waals surface area contributed by atoms with E-state index >= 15 is 0 Å². The number of carbonyl (C=O) groups excluding carboxylic acids is 2. The van der Waals surface area contributed by atoms with Gasteiger partial charge < -0.3 is 14.3 Å². The van der Waals surface area contributed by atoms with Crippen LogP contribution in [0.25, 0.3) is 0 Å². The molecular weight excluding hydrogens is 370 g/mol. The van der Waals surface area contributed by atoms with Gasteiger partial charge in [-0.2, -0.15) is 4.98 Å². The fraction of sp³-hybridized carbons (Fsp3) is 0.524. The molecule has 8 nitrogen and oxygen atoms in total. The van der Waals surface area contributed by atoms with Crippen molar-refractivity contribution in [2.75, 3.05) is 39.3 Å². The largest absolute Gasteiger partial charge is 0.340 e. The lowest BCUT2D eigenvalue weighted by atomic mass is 9.95. The van der Waals surface area contributed by atoms with Gasteiger partial charge in [-0.1, -0.05) is 23.4 Å². The Labute approximate surface area is 170 Å². The zero-order valence-corrected chi connectivity index (χ0v) is 16.8. The third-order valence-electron chi connectivity index (χ3n) is 5.70. The van der Waals surface area contributed by atoms with Crippen LogP contribution in [0.1, 0.15) is 34.9 Å². The molecule has 2 aliphatic heterocycles. The van der Waals surface area contributed by atoms with Gasteiger partial charge in [0.1, 0.15) is 0 Å². The van der Waals surface area contributed by atoms with Gasteiger partial charge in [-0.25, -0.2) is 0 Å². The van der Waals surface area contributed by atoms with Crippen molar-refractivity contribution in [2.24, 2.45) is 5.92 Å². The van der Waals surface area contributed by atoms with Crippen LogP contribution >= 0.6 is 0 Å². The maximum atomic E-state index is 13.1. The number of piperazine rings is 1. The molecule has 2 fully saturated rings. The highest BCUT2D eigenvalue weighted by molar-refractivity contribution is 5.94. The molecule has 8 heteroatoms. The third kappa shape index (κ3) is 4.64. The Morgan fingerprint density at radius 2 is 1.83 bits per heavy atom. The molecule has 3 heterocycles. The summed E-state index contributed by atoms with van der Waals surface area (Å²) in [6.45, 7) is 6.62. The molecule has 2 aromatic rings. The smallest absolute Gasteiger partial charge is 0.253 e. The molecule has 29 heavy (non-hydrogen) atoms. The van der Waals surface area contributed by atoms with Crippen LogP contribution in [0.4, 0.5) is 0 Å². The average Bonchev–Trinajstić information content (AvgIpc) is 3.18. The summed E-state index contributed by atoms with van der Waals surface area (Å²) in [6.07, 6.45) is 1.71. The van der Waals surface area contributed by atoms with Crippen molar-refractivity contribution in [3.63, 3.8) is 0 Å². The van der Waals surface area contributed by atoms with E-state index in [1.165, 1.54) is 0 Å². The molecule has 0 aliphatic carbocycles. The van der Waals surface area contributed by atoms with Crippen LogP contribution in [-0.2, 0) is 11.3 Å². The number of likely N-dealkylation sites (tertiary alicyclic amines) is 1. The second-order valence-electron chi connectivity index (χ2n) is 7.79. The summed E-state index contributed by atoms with van der Waals surface area (Å²) in [7, 11) is 0. The summed E-state index contributed by atoms with van der Waals surface area (Å²) in [4.78, 5) is 36.0. The van der Waals surface area contributed by atoms with Gasteiger partial charge in [-0.15, -0.1) is 0 Å². The fourth-order valence-electron chi connectivity index (χ4n) is 4.12. The van der Waals surface area contributed by atoms with E-state index < -0.39 is 0 Å². The lowest BCUT2D eigenvalue weighted by molar-refractivity contribution is -0.138. The number of carbonyl (C=O) groups is 2. The highest BCUT2D eigenvalue weighted by Crippen LogP contribution is 2.21. The Bertz CT molecular complexity index is 845. The zero-order chi connectivity index (χ0) is 20.2. The van der Waals surface area contributed by atoms with Crippen molar-refractivity contribution in [1.29, 1.82) is 0 Å². The van der Waals surface area contributed by atoms with Crippen molar-refractivity contribution in [1.82, 2.24) is 24.8 Å². The van der Waals surface area contributed by atoms with Crippen LogP contribution in [-0.4, -0.2) is 75.9 Å². The van der Waals surface area contributed by atoms with E-state index in [9.17, 15) is 9.59 Å². The molecule has 0 saturated carbocycles. The first-order chi connectivity index (χ1) is 14.1. The minimum Gasteiger partial charge on any atom is -0.340 e. The summed E-state index contributed by atoms with van der Waals surface area (Å²) in [5.74, 6) is 1.34. The number of hydrogen-bond donors (Lipinski definition) is 0. The molecule has 2 saturated heterocycles. The van der Waals surface area contributed by atoms with E-state index in [1.54, 1.807) is 6.92 Å². The summed E-state index contributed by atoms with van der Waals surface area (Å²) >= 11 is 0. The van der Waals surface area contributed by atoms with Crippen LogP contribution in [0.3, 0.4) is 0 Å². The molecule has 1 unspecified atom stereocenters. The number of aromatic nitrogens is 2. The van der Waals surface area contributed by atoms with Gasteiger partial charge in [-0.3, -0.25) is 14.5 Å². The highest BCUT2D eigenvalue weighted by atomic mass is 16.5. The molecule has 2 amide bonds. The Hall–Kier alpha value is -2.74. The first kappa shape index (κ1) is 19.6. The van der Waals surface area contributed by atoms with Crippen LogP contribution < -0.4 is 0 Å². The zero-order valence-electron chi connectivity index (χ0n) is 16.8. The van der Waals surface area contributed by atoms with Gasteiger partial charge in [0, 0.05) is 51.8 Å². The topological polar surface area (TPSA) is 82.8 Å². The Kier molecular flexibility index (Phi) is 5.89. The molecule has 2 aliphatic rings. The minimum absolute atomic E-state index is 0.0170.